The molecule has 20 heavy (non-hydrogen) atoms. The van der Waals surface area contributed by atoms with Gasteiger partial charge in [0.2, 0.25) is 0 Å². The Balaban J connectivity index is 0.000000444. The summed E-state index contributed by atoms with van der Waals surface area (Å²) in [6.45, 7) is 0. The maximum atomic E-state index is 8.47. The van der Waals surface area contributed by atoms with Gasteiger partial charge >= 0.3 is 5.09 Å². The molecule has 2 unspecified atom stereocenters. The van der Waals surface area contributed by atoms with E-state index in [1.165, 1.54) is 0 Å². The molecule has 0 fully saturated rings. The van der Waals surface area contributed by atoms with Gasteiger partial charge in [-0.1, -0.05) is 60.7 Å². The van der Waals surface area contributed by atoms with E-state index in [1.807, 2.05) is 60.7 Å². The van der Waals surface area contributed by atoms with Crippen LogP contribution >= 0.6 is 11.6 Å². The predicted octanol–water partition coefficient (Wildman–Crippen LogP) is 3.21. The minimum absolute atomic E-state index is 0.176. The van der Waals surface area contributed by atoms with Gasteiger partial charge in [-0.3, -0.25) is 0 Å². The van der Waals surface area contributed by atoms with E-state index in [-0.39, 0.29) is 11.4 Å². The minimum Gasteiger partial charge on any atom is -0.322 e. The van der Waals surface area contributed by atoms with Crippen LogP contribution in [-0.2, 0) is 0 Å². The molecular weight excluding hydrogens is 280 g/mol. The lowest BCUT2D eigenvalue weighted by molar-refractivity contribution is -0.969. The molecule has 2 aromatic carbocycles. The van der Waals surface area contributed by atoms with Crippen molar-refractivity contribution in [2.75, 3.05) is 0 Å². The first-order valence-corrected chi connectivity index (χ1v) is 6.30. The number of rotatable bonds is 3. The van der Waals surface area contributed by atoms with Gasteiger partial charge in [0.15, 0.2) is 0 Å². The van der Waals surface area contributed by atoms with E-state index in [2.05, 4.69) is 0 Å². The van der Waals surface area contributed by atoms with E-state index < -0.39 is 5.09 Å². The van der Waals surface area contributed by atoms with Gasteiger partial charge in [0.25, 0.3) is 0 Å². The fourth-order valence-corrected chi connectivity index (χ4v) is 1.98. The molecule has 0 heterocycles. The van der Waals surface area contributed by atoms with Crippen LogP contribution in [0.4, 0.5) is 0 Å². The molecule has 4 N–H and O–H groups in total. The average Bonchev–Trinajstić information content (AvgIpc) is 2.47. The quantitative estimate of drug-likeness (QED) is 0.599. The van der Waals surface area contributed by atoms with Crippen molar-refractivity contribution in [2.24, 2.45) is 5.73 Å². The van der Waals surface area contributed by atoms with Gasteiger partial charge < -0.3 is 5.73 Å². The van der Waals surface area contributed by atoms with Crippen molar-refractivity contribution in [1.82, 2.24) is 0 Å². The van der Waals surface area contributed by atoms with Crippen molar-refractivity contribution < 1.29 is 15.5 Å². The fraction of sp³-hybridized carbons (Fsp3) is 0.143. The first-order chi connectivity index (χ1) is 9.52. The Labute approximate surface area is 121 Å². The normalized spacial score (nSPS) is 12.7. The van der Waals surface area contributed by atoms with E-state index in [9.17, 15) is 0 Å². The number of nitrogens with two attached hydrogens (primary N) is 1. The summed E-state index contributed by atoms with van der Waals surface area (Å²) >= 11 is 6.37. The molecular formula is C14H16ClN2O3+. The van der Waals surface area contributed by atoms with E-state index >= 15 is 0 Å². The number of nitrogens with zero attached hydrogens (tertiary/aromatic N) is 1. The number of alkyl halides is 1. The summed E-state index contributed by atoms with van der Waals surface area (Å²) in [7, 11) is 0. The largest absolute Gasteiger partial charge is 0.472 e. The Morgan fingerprint density at radius 3 is 1.65 bits per heavy atom. The van der Waals surface area contributed by atoms with Crippen LogP contribution in [0.3, 0.4) is 0 Å². The van der Waals surface area contributed by atoms with Gasteiger partial charge in [-0.25, -0.2) is 10.4 Å². The molecule has 0 aromatic heterocycles. The van der Waals surface area contributed by atoms with Crippen LogP contribution in [0.15, 0.2) is 60.7 Å². The highest BCUT2D eigenvalue weighted by Gasteiger charge is 2.18. The maximum Gasteiger partial charge on any atom is 0.472 e. The van der Waals surface area contributed by atoms with Crippen molar-refractivity contribution in [3.05, 3.63) is 76.7 Å². The second-order valence-electron chi connectivity index (χ2n) is 4.00. The smallest absolute Gasteiger partial charge is 0.322 e. The monoisotopic (exact) mass is 295 g/mol. The van der Waals surface area contributed by atoms with Crippen molar-refractivity contribution in [1.29, 1.82) is 0 Å². The molecule has 2 atom stereocenters. The van der Waals surface area contributed by atoms with Crippen LogP contribution in [0.5, 0.6) is 0 Å². The molecule has 0 amide bonds. The van der Waals surface area contributed by atoms with Crippen LogP contribution in [0, 0.1) is 4.91 Å². The molecule has 0 saturated heterocycles. The molecule has 0 saturated carbocycles. The number of halogens is 1. The Morgan fingerprint density at radius 1 is 0.900 bits per heavy atom. The van der Waals surface area contributed by atoms with Crippen LogP contribution in [0.25, 0.3) is 0 Å². The van der Waals surface area contributed by atoms with Gasteiger partial charge in [-0.2, -0.15) is 0 Å². The first kappa shape index (κ1) is 15.9. The highest BCUT2D eigenvalue weighted by molar-refractivity contribution is 6.21. The summed E-state index contributed by atoms with van der Waals surface area (Å²) in [5.74, 6) is 0. The van der Waals surface area contributed by atoms with Gasteiger partial charge in [0.1, 0.15) is 4.91 Å². The van der Waals surface area contributed by atoms with Crippen molar-refractivity contribution in [3.8, 4) is 0 Å². The van der Waals surface area contributed by atoms with Crippen LogP contribution < -0.4 is 5.73 Å². The Hall–Kier alpha value is -2.11. The second kappa shape index (κ2) is 8.14. The maximum absolute atomic E-state index is 8.47. The zero-order valence-electron chi connectivity index (χ0n) is 10.6. The fourth-order valence-electron chi connectivity index (χ4n) is 1.69. The summed E-state index contributed by atoms with van der Waals surface area (Å²) in [6, 6.07) is 19.7. The lowest BCUT2D eigenvalue weighted by Crippen LogP contribution is -2.15. The van der Waals surface area contributed by atoms with Crippen LogP contribution in [0.1, 0.15) is 22.5 Å². The standard InChI is InChI=1S/C14H14ClN.H2NO3/c15-13(11-7-3-1-4-8-11)14(16)12-9-5-2-6-10-12;2-1(3)4/h1-10,13-14H,16H2;(H2,2,3,4)/q;+1. The van der Waals surface area contributed by atoms with Crippen molar-refractivity contribution >= 4 is 11.6 Å². The summed E-state index contributed by atoms with van der Waals surface area (Å²) in [5, 5.41) is 12.3. The SMILES string of the molecule is NC(c1ccccc1)C(Cl)c1ccccc1.O=[N+](O)O. The van der Waals surface area contributed by atoms with Gasteiger partial charge in [-0.05, 0) is 11.1 Å². The Bertz CT molecular complexity index is 475. The van der Waals surface area contributed by atoms with Gasteiger partial charge in [-0.15, -0.1) is 11.6 Å². The number of benzene rings is 2. The third-order valence-electron chi connectivity index (χ3n) is 2.62. The van der Waals surface area contributed by atoms with Crippen molar-refractivity contribution in [3.63, 3.8) is 0 Å². The van der Waals surface area contributed by atoms with E-state index in [4.69, 9.17) is 32.7 Å². The highest BCUT2D eigenvalue weighted by Crippen LogP contribution is 2.32. The molecule has 2 aromatic rings. The molecule has 0 aliphatic heterocycles. The molecule has 0 bridgehead atoms. The second-order valence-corrected chi connectivity index (χ2v) is 4.47. The zero-order chi connectivity index (χ0) is 15.0. The summed E-state index contributed by atoms with van der Waals surface area (Å²) in [4.78, 5) is 8.47. The topological polar surface area (TPSA) is 86.6 Å². The molecule has 0 aliphatic rings. The average molecular weight is 296 g/mol. The van der Waals surface area contributed by atoms with Gasteiger partial charge in [0, 0.05) is 0 Å². The summed E-state index contributed by atoms with van der Waals surface area (Å²) < 4.78 is 0. The highest BCUT2D eigenvalue weighted by atomic mass is 35.5. The van der Waals surface area contributed by atoms with E-state index in [1.54, 1.807) is 0 Å². The molecule has 0 aliphatic carbocycles. The predicted molar refractivity (Wildman–Crippen MR) is 75.6 cm³/mol. The molecule has 0 radical (unpaired) electrons. The molecule has 6 heteroatoms. The van der Waals surface area contributed by atoms with Crippen LogP contribution in [-0.4, -0.2) is 15.5 Å². The molecule has 5 nitrogen and oxygen atoms in total. The third kappa shape index (κ3) is 5.26. The van der Waals surface area contributed by atoms with Gasteiger partial charge in [0.05, 0.1) is 11.4 Å². The molecule has 2 rings (SSSR count). The van der Waals surface area contributed by atoms with Crippen molar-refractivity contribution in [2.45, 2.75) is 11.4 Å². The number of hydrogen-bond donors (Lipinski definition) is 3. The molecule has 0 spiro atoms. The Kier molecular flexibility index (Phi) is 6.49. The first-order valence-electron chi connectivity index (χ1n) is 5.87. The van der Waals surface area contributed by atoms with Crippen LogP contribution in [0.2, 0.25) is 0 Å². The summed E-state index contributed by atoms with van der Waals surface area (Å²) in [6.07, 6.45) is 0. The van der Waals surface area contributed by atoms with E-state index in [0.717, 1.165) is 11.1 Å². The molecule has 106 valence electrons. The lowest BCUT2D eigenvalue weighted by atomic mass is 9.99. The van der Waals surface area contributed by atoms with E-state index in [0.29, 0.717) is 0 Å². The zero-order valence-corrected chi connectivity index (χ0v) is 11.4. The summed E-state index contributed by atoms with van der Waals surface area (Å²) in [5.41, 5.74) is 8.26. The third-order valence-corrected chi connectivity index (χ3v) is 3.14. The Morgan fingerprint density at radius 2 is 1.25 bits per heavy atom. The lowest BCUT2D eigenvalue weighted by Gasteiger charge is -2.18. The minimum atomic E-state index is -1.25. The number of hydrogen-bond acceptors (Lipinski definition) is 2.